The third kappa shape index (κ3) is 1.37. The van der Waals surface area contributed by atoms with Gasteiger partial charge in [-0.05, 0) is 25.0 Å². The number of aryl methyl sites for hydroxylation is 2. The van der Waals surface area contributed by atoms with Gasteiger partial charge in [0.15, 0.2) is 0 Å². The van der Waals surface area contributed by atoms with E-state index in [1.807, 2.05) is 0 Å². The number of rotatable bonds is 0. The Kier molecular flexibility index (Phi) is 2.30. The average molecular weight is 174 g/mol. The SMILES string of the molecule is [C-]#[N+]c1c(C)cc(C)c(C#N)c1F. The summed E-state index contributed by atoms with van der Waals surface area (Å²) in [7, 11) is 0. The summed E-state index contributed by atoms with van der Waals surface area (Å²) in [5, 5.41) is 8.62. The van der Waals surface area contributed by atoms with Gasteiger partial charge in [-0.15, -0.1) is 0 Å². The smallest absolute Gasteiger partial charge is 0.226 e. The first-order valence-electron chi connectivity index (χ1n) is 3.69. The Morgan fingerprint density at radius 2 is 2.08 bits per heavy atom. The van der Waals surface area contributed by atoms with Crippen LogP contribution in [0, 0.1) is 37.6 Å². The van der Waals surface area contributed by atoms with Crippen molar-refractivity contribution in [2.24, 2.45) is 0 Å². The van der Waals surface area contributed by atoms with Crippen LogP contribution in [0.15, 0.2) is 6.07 Å². The van der Waals surface area contributed by atoms with E-state index >= 15 is 0 Å². The molecule has 0 aliphatic heterocycles. The van der Waals surface area contributed by atoms with Crippen molar-refractivity contribution in [1.29, 1.82) is 5.26 Å². The molecule has 0 heterocycles. The molecule has 1 aromatic rings. The van der Waals surface area contributed by atoms with Crippen molar-refractivity contribution in [2.45, 2.75) is 13.8 Å². The van der Waals surface area contributed by atoms with Crippen molar-refractivity contribution < 1.29 is 4.39 Å². The Hall–Kier alpha value is -1.87. The topological polar surface area (TPSA) is 28.1 Å². The zero-order chi connectivity index (χ0) is 10.0. The van der Waals surface area contributed by atoms with Gasteiger partial charge in [-0.25, -0.2) is 9.24 Å². The van der Waals surface area contributed by atoms with Crippen LogP contribution >= 0.6 is 0 Å². The molecule has 64 valence electrons. The van der Waals surface area contributed by atoms with Crippen molar-refractivity contribution in [3.63, 3.8) is 0 Å². The Balaban J connectivity index is 3.63. The number of hydrogen-bond acceptors (Lipinski definition) is 1. The van der Waals surface area contributed by atoms with Crippen LogP contribution in [-0.2, 0) is 0 Å². The Bertz CT molecular complexity index is 397. The van der Waals surface area contributed by atoms with E-state index in [2.05, 4.69) is 4.85 Å². The molecule has 0 saturated carbocycles. The number of nitriles is 1. The third-order valence-corrected chi connectivity index (χ3v) is 1.85. The summed E-state index contributed by atoms with van der Waals surface area (Å²) < 4.78 is 13.4. The molecule has 1 aromatic carbocycles. The standard InChI is InChI=1S/C10H7FN2/c1-6-4-7(2)10(13-3)9(11)8(6)5-12/h4H,1-2H3. The zero-order valence-corrected chi connectivity index (χ0v) is 7.35. The second kappa shape index (κ2) is 3.25. The van der Waals surface area contributed by atoms with Gasteiger partial charge in [-0.3, -0.25) is 0 Å². The van der Waals surface area contributed by atoms with Gasteiger partial charge in [-0.1, -0.05) is 6.07 Å². The highest BCUT2D eigenvalue weighted by Crippen LogP contribution is 2.27. The Morgan fingerprint density at radius 1 is 1.46 bits per heavy atom. The lowest BCUT2D eigenvalue weighted by Gasteiger charge is -2.03. The molecule has 0 N–H and O–H groups in total. The van der Waals surface area contributed by atoms with E-state index in [0.29, 0.717) is 11.1 Å². The lowest BCUT2D eigenvalue weighted by molar-refractivity contribution is 0.627. The van der Waals surface area contributed by atoms with Crippen molar-refractivity contribution in [3.8, 4) is 6.07 Å². The highest BCUT2D eigenvalue weighted by Gasteiger charge is 2.13. The highest BCUT2D eigenvalue weighted by atomic mass is 19.1. The summed E-state index contributed by atoms with van der Waals surface area (Å²) in [5.41, 5.74) is 1.06. The monoisotopic (exact) mass is 174 g/mol. The number of benzene rings is 1. The fourth-order valence-electron chi connectivity index (χ4n) is 1.20. The molecule has 1 rings (SSSR count). The molecule has 0 radical (unpaired) electrons. The van der Waals surface area contributed by atoms with Crippen LogP contribution in [0.25, 0.3) is 4.85 Å². The lowest BCUT2D eigenvalue weighted by atomic mass is 10.0. The van der Waals surface area contributed by atoms with Gasteiger partial charge < -0.3 is 0 Å². The average Bonchev–Trinajstić information content (AvgIpc) is 2.04. The fraction of sp³-hybridized carbons (Fsp3) is 0.200. The van der Waals surface area contributed by atoms with Crippen molar-refractivity contribution in [3.05, 3.63) is 40.0 Å². The van der Waals surface area contributed by atoms with E-state index in [1.165, 1.54) is 0 Å². The Labute approximate surface area is 76.1 Å². The van der Waals surface area contributed by atoms with Crippen LogP contribution in [-0.4, -0.2) is 0 Å². The normalized spacial score (nSPS) is 9.00. The fourth-order valence-corrected chi connectivity index (χ4v) is 1.20. The van der Waals surface area contributed by atoms with Crippen molar-refractivity contribution in [2.75, 3.05) is 0 Å². The molecule has 0 amide bonds. The lowest BCUT2D eigenvalue weighted by Crippen LogP contribution is -1.91. The molecular formula is C10H7FN2. The molecule has 3 heteroatoms. The van der Waals surface area contributed by atoms with Crippen LogP contribution < -0.4 is 0 Å². The molecule has 0 bridgehead atoms. The van der Waals surface area contributed by atoms with Crippen LogP contribution in [0.4, 0.5) is 10.1 Å². The van der Waals surface area contributed by atoms with Crippen LogP contribution in [0.3, 0.4) is 0 Å². The van der Waals surface area contributed by atoms with Gasteiger partial charge >= 0.3 is 0 Å². The zero-order valence-electron chi connectivity index (χ0n) is 7.35. The van der Waals surface area contributed by atoms with Gasteiger partial charge in [0, 0.05) is 0 Å². The summed E-state index contributed by atoms with van der Waals surface area (Å²) in [4.78, 5) is 3.04. The molecule has 0 fully saturated rings. The van der Waals surface area contributed by atoms with E-state index in [-0.39, 0.29) is 11.3 Å². The van der Waals surface area contributed by atoms with E-state index in [1.54, 1.807) is 26.0 Å². The molecule has 0 aliphatic rings. The van der Waals surface area contributed by atoms with Crippen LogP contribution in [0.5, 0.6) is 0 Å². The van der Waals surface area contributed by atoms with Crippen LogP contribution in [0.1, 0.15) is 16.7 Å². The maximum absolute atomic E-state index is 13.4. The maximum atomic E-state index is 13.4. The molecule has 0 saturated heterocycles. The first-order chi connectivity index (χ1) is 6.11. The summed E-state index contributed by atoms with van der Waals surface area (Å²) in [5.74, 6) is -0.699. The number of halogens is 1. The molecule has 0 aromatic heterocycles. The minimum absolute atomic E-state index is 0.0309. The molecule has 0 atom stereocenters. The number of nitrogens with zero attached hydrogens (tertiary/aromatic N) is 2. The first kappa shape index (κ1) is 9.22. The van der Waals surface area contributed by atoms with Crippen molar-refractivity contribution >= 4 is 5.69 Å². The molecule has 0 unspecified atom stereocenters. The largest absolute Gasteiger partial charge is 0.235 e. The van der Waals surface area contributed by atoms with Gasteiger partial charge in [0.05, 0.1) is 12.1 Å². The highest BCUT2D eigenvalue weighted by molar-refractivity contribution is 5.60. The molecule has 0 spiro atoms. The van der Waals surface area contributed by atoms with E-state index in [9.17, 15) is 4.39 Å². The third-order valence-electron chi connectivity index (χ3n) is 1.85. The van der Waals surface area contributed by atoms with Gasteiger partial charge in [0.25, 0.3) is 0 Å². The molecule has 2 nitrogen and oxygen atoms in total. The summed E-state index contributed by atoms with van der Waals surface area (Å²) in [6, 6.07) is 3.39. The van der Waals surface area contributed by atoms with Gasteiger partial charge in [-0.2, -0.15) is 5.26 Å². The molecular weight excluding hydrogens is 167 g/mol. The summed E-state index contributed by atoms with van der Waals surface area (Å²) in [6.07, 6.45) is 0. The minimum Gasteiger partial charge on any atom is -0.235 e. The van der Waals surface area contributed by atoms with Gasteiger partial charge in [0.1, 0.15) is 11.9 Å². The quantitative estimate of drug-likeness (QED) is 0.556. The molecule has 0 aliphatic carbocycles. The molecule has 13 heavy (non-hydrogen) atoms. The summed E-state index contributed by atoms with van der Waals surface area (Å²) in [6.45, 7) is 10.1. The van der Waals surface area contributed by atoms with E-state index < -0.39 is 5.82 Å². The predicted octanol–water partition coefficient (Wildman–Crippen LogP) is 2.87. The minimum atomic E-state index is -0.699. The van der Waals surface area contributed by atoms with Crippen molar-refractivity contribution in [1.82, 2.24) is 0 Å². The summed E-state index contributed by atoms with van der Waals surface area (Å²) >= 11 is 0. The Morgan fingerprint density at radius 3 is 2.54 bits per heavy atom. The van der Waals surface area contributed by atoms with Crippen LogP contribution in [0.2, 0.25) is 0 Å². The second-order valence-corrected chi connectivity index (χ2v) is 2.77. The maximum Gasteiger partial charge on any atom is 0.226 e. The van der Waals surface area contributed by atoms with Gasteiger partial charge in [0.2, 0.25) is 5.69 Å². The van der Waals surface area contributed by atoms with E-state index in [4.69, 9.17) is 11.8 Å². The second-order valence-electron chi connectivity index (χ2n) is 2.77. The van der Waals surface area contributed by atoms with E-state index in [0.717, 1.165) is 0 Å². The predicted molar refractivity (Wildman–Crippen MR) is 46.9 cm³/mol. The number of hydrogen-bond donors (Lipinski definition) is 0. The first-order valence-corrected chi connectivity index (χ1v) is 3.69.